The average Bonchev–Trinajstić information content (AvgIpc) is 2.79. The topological polar surface area (TPSA) is 113 Å². The van der Waals surface area contributed by atoms with E-state index in [-0.39, 0.29) is 13.0 Å². The molecule has 0 aliphatic heterocycles. The molecule has 7 heteroatoms. The molecule has 0 aromatic rings. The normalized spacial score (nSPS) is 17.2. The van der Waals surface area contributed by atoms with Crippen LogP contribution in [0.2, 0.25) is 0 Å². The van der Waals surface area contributed by atoms with E-state index in [0.717, 1.165) is 25.7 Å². The molecule has 1 aliphatic rings. The van der Waals surface area contributed by atoms with Gasteiger partial charge in [0.15, 0.2) is 0 Å². The van der Waals surface area contributed by atoms with Gasteiger partial charge in [0.25, 0.3) is 0 Å². The standard InChI is InChI=1S/C11H19N3O4/c12-11(17)13-10(16)9(6-14(18)7-15)5-8-3-1-2-4-8/h7-9,18H,1-6H2,(H3,12,13,16,17)/t9-/m1/s1. The first-order valence-corrected chi connectivity index (χ1v) is 6.04. The van der Waals surface area contributed by atoms with E-state index < -0.39 is 17.9 Å². The summed E-state index contributed by atoms with van der Waals surface area (Å²) in [4.78, 5) is 32.8. The van der Waals surface area contributed by atoms with E-state index in [1.807, 2.05) is 5.32 Å². The second-order valence-electron chi connectivity index (χ2n) is 4.66. The van der Waals surface area contributed by atoms with Gasteiger partial charge < -0.3 is 5.73 Å². The molecule has 18 heavy (non-hydrogen) atoms. The van der Waals surface area contributed by atoms with Gasteiger partial charge in [-0.25, -0.2) is 9.86 Å². The van der Waals surface area contributed by atoms with Crippen LogP contribution in [0, 0.1) is 11.8 Å². The summed E-state index contributed by atoms with van der Waals surface area (Å²) in [6.07, 6.45) is 5.11. The summed E-state index contributed by atoms with van der Waals surface area (Å²) in [5.74, 6) is -0.764. The van der Waals surface area contributed by atoms with Crippen LogP contribution < -0.4 is 11.1 Å². The van der Waals surface area contributed by atoms with Crippen molar-refractivity contribution in [2.24, 2.45) is 17.6 Å². The first-order chi connectivity index (χ1) is 8.52. The largest absolute Gasteiger partial charge is 0.351 e. The van der Waals surface area contributed by atoms with Gasteiger partial charge in [-0.05, 0) is 12.3 Å². The second-order valence-corrected chi connectivity index (χ2v) is 4.66. The van der Waals surface area contributed by atoms with Crippen LogP contribution in [0.1, 0.15) is 32.1 Å². The summed E-state index contributed by atoms with van der Waals surface area (Å²) in [5.41, 5.74) is 4.89. The Hall–Kier alpha value is -1.63. The summed E-state index contributed by atoms with van der Waals surface area (Å²) < 4.78 is 0. The van der Waals surface area contributed by atoms with Crippen LogP contribution in [0.5, 0.6) is 0 Å². The van der Waals surface area contributed by atoms with Crippen LogP contribution in [0.4, 0.5) is 4.79 Å². The maximum absolute atomic E-state index is 11.7. The molecule has 0 heterocycles. The fourth-order valence-electron chi connectivity index (χ4n) is 2.41. The predicted molar refractivity (Wildman–Crippen MR) is 62.3 cm³/mol. The number of nitrogens with two attached hydrogens (primary N) is 1. The number of carbonyl (C=O) groups excluding carboxylic acids is 3. The highest BCUT2D eigenvalue weighted by Crippen LogP contribution is 2.30. The maximum Gasteiger partial charge on any atom is 0.318 e. The van der Waals surface area contributed by atoms with E-state index in [2.05, 4.69) is 0 Å². The SMILES string of the molecule is NC(=O)NC(=O)[C@H](CC1CCCC1)CN(O)C=O. The van der Waals surface area contributed by atoms with Crippen molar-refractivity contribution >= 4 is 18.3 Å². The average molecular weight is 257 g/mol. The summed E-state index contributed by atoms with van der Waals surface area (Å²) in [5, 5.41) is 11.6. The Bertz CT molecular complexity index is 315. The van der Waals surface area contributed by atoms with E-state index in [4.69, 9.17) is 10.9 Å². The lowest BCUT2D eigenvalue weighted by molar-refractivity contribution is -0.154. The molecule has 0 spiro atoms. The van der Waals surface area contributed by atoms with Gasteiger partial charge >= 0.3 is 6.03 Å². The summed E-state index contributed by atoms with van der Waals surface area (Å²) in [6.45, 7) is -0.126. The summed E-state index contributed by atoms with van der Waals surface area (Å²) in [7, 11) is 0. The van der Waals surface area contributed by atoms with Crippen molar-refractivity contribution in [2.45, 2.75) is 32.1 Å². The minimum Gasteiger partial charge on any atom is -0.351 e. The molecule has 0 saturated heterocycles. The van der Waals surface area contributed by atoms with Crippen molar-refractivity contribution in [2.75, 3.05) is 6.54 Å². The molecule has 102 valence electrons. The Labute approximate surface area is 105 Å². The molecule has 0 radical (unpaired) electrons. The molecule has 0 unspecified atom stereocenters. The van der Waals surface area contributed by atoms with Gasteiger partial charge in [0.2, 0.25) is 12.3 Å². The molecule has 0 aromatic carbocycles. The molecule has 0 bridgehead atoms. The lowest BCUT2D eigenvalue weighted by Crippen LogP contribution is -2.43. The smallest absolute Gasteiger partial charge is 0.318 e. The Morgan fingerprint density at radius 1 is 1.44 bits per heavy atom. The van der Waals surface area contributed by atoms with Crippen molar-refractivity contribution in [3.63, 3.8) is 0 Å². The van der Waals surface area contributed by atoms with Crippen LogP contribution in [0.25, 0.3) is 0 Å². The van der Waals surface area contributed by atoms with Gasteiger partial charge in [-0.2, -0.15) is 0 Å². The molecule has 1 aliphatic carbocycles. The predicted octanol–water partition coefficient (Wildman–Crippen LogP) is 0.225. The Balaban J connectivity index is 2.57. The van der Waals surface area contributed by atoms with Crippen molar-refractivity contribution in [3.05, 3.63) is 0 Å². The van der Waals surface area contributed by atoms with E-state index in [1.54, 1.807) is 0 Å². The van der Waals surface area contributed by atoms with Gasteiger partial charge in [-0.1, -0.05) is 25.7 Å². The molecule has 4 amide bonds. The van der Waals surface area contributed by atoms with E-state index in [0.29, 0.717) is 17.4 Å². The number of hydrogen-bond donors (Lipinski definition) is 3. The monoisotopic (exact) mass is 257 g/mol. The van der Waals surface area contributed by atoms with Gasteiger partial charge in [-0.3, -0.25) is 20.1 Å². The number of urea groups is 1. The molecule has 4 N–H and O–H groups in total. The maximum atomic E-state index is 11.7. The molecule has 0 aromatic heterocycles. The van der Waals surface area contributed by atoms with Crippen LogP contribution >= 0.6 is 0 Å². The fourth-order valence-corrected chi connectivity index (χ4v) is 2.41. The quantitative estimate of drug-likeness (QED) is 0.359. The number of hydroxylamine groups is 2. The third kappa shape index (κ3) is 4.70. The third-order valence-electron chi connectivity index (χ3n) is 3.24. The van der Waals surface area contributed by atoms with Crippen molar-refractivity contribution < 1.29 is 19.6 Å². The van der Waals surface area contributed by atoms with Gasteiger partial charge in [-0.15, -0.1) is 0 Å². The first-order valence-electron chi connectivity index (χ1n) is 6.04. The van der Waals surface area contributed by atoms with E-state index in [9.17, 15) is 14.4 Å². The molecule has 1 rings (SSSR count). The number of rotatable bonds is 6. The number of amides is 4. The van der Waals surface area contributed by atoms with Crippen molar-refractivity contribution in [1.29, 1.82) is 0 Å². The zero-order valence-electron chi connectivity index (χ0n) is 10.2. The van der Waals surface area contributed by atoms with Gasteiger partial charge in [0.1, 0.15) is 0 Å². The molecule has 1 fully saturated rings. The number of hydrogen-bond acceptors (Lipinski definition) is 4. The zero-order valence-corrected chi connectivity index (χ0v) is 10.2. The Morgan fingerprint density at radius 3 is 2.56 bits per heavy atom. The van der Waals surface area contributed by atoms with Gasteiger partial charge in [0.05, 0.1) is 12.5 Å². The van der Waals surface area contributed by atoms with Crippen LogP contribution in [0.3, 0.4) is 0 Å². The van der Waals surface area contributed by atoms with Crippen LogP contribution in [-0.2, 0) is 9.59 Å². The number of primary amides is 1. The summed E-state index contributed by atoms with van der Waals surface area (Å²) >= 11 is 0. The lowest BCUT2D eigenvalue weighted by Gasteiger charge is -2.21. The number of nitrogens with zero attached hydrogens (tertiary/aromatic N) is 1. The van der Waals surface area contributed by atoms with E-state index >= 15 is 0 Å². The molecular formula is C11H19N3O4. The molecule has 1 atom stereocenters. The highest BCUT2D eigenvalue weighted by Gasteiger charge is 2.27. The molecule has 7 nitrogen and oxygen atoms in total. The minimum absolute atomic E-state index is 0.126. The minimum atomic E-state index is -0.924. The summed E-state index contributed by atoms with van der Waals surface area (Å²) in [6, 6.07) is -0.924. The fraction of sp³-hybridized carbons (Fsp3) is 0.727. The van der Waals surface area contributed by atoms with Crippen molar-refractivity contribution in [1.82, 2.24) is 10.4 Å². The number of carbonyl (C=O) groups is 3. The van der Waals surface area contributed by atoms with Crippen LogP contribution in [-0.4, -0.2) is 35.2 Å². The van der Waals surface area contributed by atoms with Crippen molar-refractivity contribution in [3.8, 4) is 0 Å². The molecular weight excluding hydrogens is 238 g/mol. The first kappa shape index (κ1) is 14.4. The zero-order chi connectivity index (χ0) is 13.5. The Kier molecular flexibility index (Phi) is 5.57. The lowest BCUT2D eigenvalue weighted by atomic mass is 9.92. The third-order valence-corrected chi connectivity index (χ3v) is 3.24. The Morgan fingerprint density at radius 2 is 2.06 bits per heavy atom. The van der Waals surface area contributed by atoms with Crippen LogP contribution in [0.15, 0.2) is 0 Å². The highest BCUT2D eigenvalue weighted by molar-refractivity contribution is 5.94. The number of imide groups is 1. The van der Waals surface area contributed by atoms with E-state index in [1.165, 1.54) is 0 Å². The number of nitrogens with one attached hydrogen (secondary N) is 1. The second kappa shape index (κ2) is 6.95. The molecule has 1 saturated carbocycles. The van der Waals surface area contributed by atoms with Gasteiger partial charge in [0, 0.05) is 0 Å². The highest BCUT2D eigenvalue weighted by atomic mass is 16.5.